The van der Waals surface area contributed by atoms with Gasteiger partial charge in [0.25, 0.3) is 5.82 Å². The minimum atomic E-state index is -0.501. The van der Waals surface area contributed by atoms with Crippen molar-refractivity contribution < 1.29 is 14.3 Å². The van der Waals surface area contributed by atoms with Crippen LogP contribution in [0.15, 0.2) is 0 Å². The predicted octanol–water partition coefficient (Wildman–Crippen LogP) is 0.0733. The Bertz CT molecular complexity index is 407. The van der Waals surface area contributed by atoms with Crippen LogP contribution in [0.3, 0.4) is 0 Å². The van der Waals surface area contributed by atoms with Gasteiger partial charge in [-0.05, 0) is 13.5 Å². The van der Waals surface area contributed by atoms with Crippen molar-refractivity contribution in [3.8, 4) is 0 Å². The summed E-state index contributed by atoms with van der Waals surface area (Å²) in [5, 5.41) is 10.0. The third-order valence-electron chi connectivity index (χ3n) is 2.86. The first-order valence-electron chi connectivity index (χ1n) is 6.16. The molecule has 0 saturated carbocycles. The van der Waals surface area contributed by atoms with E-state index in [2.05, 4.69) is 20.5 Å². The summed E-state index contributed by atoms with van der Waals surface area (Å²) >= 11 is 0. The Hall–Kier alpha value is -1.47. The van der Waals surface area contributed by atoms with Gasteiger partial charge in [-0.15, -0.1) is 5.10 Å². The van der Waals surface area contributed by atoms with Crippen LogP contribution in [0, 0.1) is 0 Å². The molecule has 18 heavy (non-hydrogen) atoms. The first-order valence-corrected chi connectivity index (χ1v) is 6.16. The van der Waals surface area contributed by atoms with Crippen LogP contribution < -0.4 is 5.32 Å². The van der Waals surface area contributed by atoms with Gasteiger partial charge in [0.2, 0.25) is 0 Å². The Morgan fingerprint density at radius 2 is 2.39 bits per heavy atom. The second-order valence-corrected chi connectivity index (χ2v) is 4.07. The molecule has 7 nitrogen and oxygen atoms in total. The van der Waals surface area contributed by atoms with Crippen LogP contribution in [-0.2, 0) is 9.47 Å². The van der Waals surface area contributed by atoms with Gasteiger partial charge in [0.15, 0.2) is 0 Å². The molecule has 2 heterocycles. The zero-order valence-electron chi connectivity index (χ0n) is 10.6. The summed E-state index contributed by atoms with van der Waals surface area (Å²) < 4.78 is 10.3. The topological polar surface area (TPSA) is 89.1 Å². The lowest BCUT2D eigenvalue weighted by atomic mass is 10.0. The SMILES string of the molecule is CCNC1COCC1c1nc(C(=O)OCC)n[nH]1. The fourth-order valence-electron chi connectivity index (χ4n) is 2.01. The van der Waals surface area contributed by atoms with E-state index in [1.165, 1.54) is 0 Å². The molecule has 0 radical (unpaired) electrons. The monoisotopic (exact) mass is 254 g/mol. The van der Waals surface area contributed by atoms with Gasteiger partial charge in [0, 0.05) is 6.04 Å². The highest BCUT2D eigenvalue weighted by molar-refractivity contribution is 5.84. The quantitative estimate of drug-likeness (QED) is 0.723. The number of ether oxygens (including phenoxy) is 2. The van der Waals surface area contributed by atoms with Gasteiger partial charge < -0.3 is 14.8 Å². The molecule has 1 aromatic rings. The highest BCUT2D eigenvalue weighted by Gasteiger charge is 2.32. The summed E-state index contributed by atoms with van der Waals surface area (Å²) in [7, 11) is 0. The molecule has 100 valence electrons. The fraction of sp³-hybridized carbons (Fsp3) is 0.727. The number of aromatic nitrogens is 3. The van der Waals surface area contributed by atoms with Gasteiger partial charge >= 0.3 is 5.97 Å². The number of carbonyl (C=O) groups excluding carboxylic acids is 1. The fourth-order valence-corrected chi connectivity index (χ4v) is 2.01. The molecule has 2 unspecified atom stereocenters. The second kappa shape index (κ2) is 5.92. The molecule has 0 spiro atoms. The normalized spacial score (nSPS) is 23.2. The van der Waals surface area contributed by atoms with E-state index in [9.17, 15) is 4.79 Å². The van der Waals surface area contributed by atoms with Gasteiger partial charge in [0.05, 0.1) is 25.7 Å². The highest BCUT2D eigenvalue weighted by atomic mass is 16.5. The Balaban J connectivity index is 2.07. The number of hydrogen-bond donors (Lipinski definition) is 2. The van der Waals surface area contributed by atoms with Crippen molar-refractivity contribution in [2.24, 2.45) is 0 Å². The number of esters is 1. The van der Waals surface area contributed by atoms with Gasteiger partial charge in [-0.3, -0.25) is 5.10 Å². The van der Waals surface area contributed by atoms with Crippen LogP contribution in [0.2, 0.25) is 0 Å². The lowest BCUT2D eigenvalue weighted by molar-refractivity contribution is 0.0512. The first-order chi connectivity index (χ1) is 8.76. The van der Waals surface area contributed by atoms with E-state index >= 15 is 0 Å². The van der Waals surface area contributed by atoms with E-state index in [0.717, 1.165) is 6.54 Å². The number of hydrogen-bond acceptors (Lipinski definition) is 6. The zero-order valence-corrected chi connectivity index (χ0v) is 10.6. The molecule has 1 aromatic heterocycles. The number of aromatic amines is 1. The lowest BCUT2D eigenvalue weighted by Crippen LogP contribution is -2.34. The zero-order chi connectivity index (χ0) is 13.0. The van der Waals surface area contributed by atoms with E-state index < -0.39 is 5.97 Å². The summed E-state index contributed by atoms with van der Waals surface area (Å²) in [4.78, 5) is 15.6. The summed E-state index contributed by atoms with van der Waals surface area (Å²) in [5.41, 5.74) is 0. The molecule has 1 aliphatic rings. The van der Waals surface area contributed by atoms with Crippen molar-refractivity contribution in [2.75, 3.05) is 26.4 Å². The predicted molar refractivity (Wildman–Crippen MR) is 63.4 cm³/mol. The summed E-state index contributed by atoms with van der Waals surface area (Å²) in [6, 6.07) is 0.206. The standard InChI is InChI=1S/C11H18N4O3/c1-3-12-8-6-17-5-7(8)9-13-10(15-14-9)11(16)18-4-2/h7-8,12H,3-6H2,1-2H3,(H,13,14,15). The molecule has 0 aromatic carbocycles. The van der Waals surface area contributed by atoms with Gasteiger partial charge in [0.1, 0.15) is 5.82 Å². The van der Waals surface area contributed by atoms with Crippen molar-refractivity contribution in [1.82, 2.24) is 20.5 Å². The van der Waals surface area contributed by atoms with Crippen molar-refractivity contribution in [3.05, 3.63) is 11.6 Å². The van der Waals surface area contributed by atoms with Crippen LogP contribution in [-0.4, -0.2) is 53.6 Å². The maximum absolute atomic E-state index is 11.5. The number of rotatable bonds is 5. The van der Waals surface area contributed by atoms with Crippen LogP contribution in [0.25, 0.3) is 0 Å². The van der Waals surface area contributed by atoms with Crippen molar-refractivity contribution in [1.29, 1.82) is 0 Å². The Morgan fingerprint density at radius 1 is 1.56 bits per heavy atom. The van der Waals surface area contributed by atoms with E-state index in [4.69, 9.17) is 9.47 Å². The summed E-state index contributed by atoms with van der Waals surface area (Å²) in [6.45, 7) is 6.19. The smallest absolute Gasteiger partial charge is 0.378 e. The molecular weight excluding hydrogens is 236 g/mol. The summed E-state index contributed by atoms with van der Waals surface area (Å²) in [6.07, 6.45) is 0. The summed E-state index contributed by atoms with van der Waals surface area (Å²) in [5.74, 6) is 0.343. The van der Waals surface area contributed by atoms with Crippen LogP contribution in [0.4, 0.5) is 0 Å². The van der Waals surface area contributed by atoms with Crippen molar-refractivity contribution in [3.63, 3.8) is 0 Å². The number of nitrogens with one attached hydrogen (secondary N) is 2. The molecule has 2 N–H and O–H groups in total. The van der Waals surface area contributed by atoms with E-state index in [-0.39, 0.29) is 17.8 Å². The molecule has 7 heteroatoms. The number of carbonyl (C=O) groups is 1. The third kappa shape index (κ3) is 2.68. The Morgan fingerprint density at radius 3 is 3.11 bits per heavy atom. The number of nitrogens with zero attached hydrogens (tertiary/aromatic N) is 2. The van der Waals surface area contributed by atoms with Crippen molar-refractivity contribution in [2.45, 2.75) is 25.8 Å². The third-order valence-corrected chi connectivity index (χ3v) is 2.86. The molecule has 2 atom stereocenters. The Labute approximate surface area is 105 Å². The molecule has 1 saturated heterocycles. The lowest BCUT2D eigenvalue weighted by Gasteiger charge is -2.15. The molecule has 1 aliphatic heterocycles. The Kier molecular flexibility index (Phi) is 4.27. The van der Waals surface area contributed by atoms with Crippen LogP contribution in [0.1, 0.15) is 36.2 Å². The second-order valence-electron chi connectivity index (χ2n) is 4.07. The molecule has 1 fully saturated rings. The molecule has 0 bridgehead atoms. The minimum absolute atomic E-state index is 0.0778. The van der Waals surface area contributed by atoms with Gasteiger partial charge in [-0.2, -0.15) is 0 Å². The highest BCUT2D eigenvalue weighted by Crippen LogP contribution is 2.22. The minimum Gasteiger partial charge on any atom is -0.460 e. The number of H-pyrrole nitrogens is 1. The van der Waals surface area contributed by atoms with Crippen molar-refractivity contribution >= 4 is 5.97 Å². The van der Waals surface area contributed by atoms with E-state index in [1.807, 2.05) is 6.92 Å². The van der Waals surface area contributed by atoms with E-state index in [0.29, 0.717) is 25.6 Å². The van der Waals surface area contributed by atoms with Crippen LogP contribution in [0.5, 0.6) is 0 Å². The van der Waals surface area contributed by atoms with E-state index in [1.54, 1.807) is 6.92 Å². The molecule has 2 rings (SSSR count). The van der Waals surface area contributed by atoms with Gasteiger partial charge in [-0.1, -0.05) is 6.92 Å². The van der Waals surface area contributed by atoms with Crippen LogP contribution >= 0.6 is 0 Å². The average molecular weight is 254 g/mol. The average Bonchev–Trinajstić information content (AvgIpc) is 2.97. The molecule has 0 amide bonds. The molecule has 0 aliphatic carbocycles. The van der Waals surface area contributed by atoms with Gasteiger partial charge in [-0.25, -0.2) is 9.78 Å². The number of likely N-dealkylation sites (N-methyl/N-ethyl adjacent to an activating group) is 1. The maximum atomic E-state index is 11.5. The first kappa shape index (κ1) is 13.0. The largest absolute Gasteiger partial charge is 0.460 e. The maximum Gasteiger partial charge on any atom is 0.378 e. The molecular formula is C11H18N4O3.